The first-order valence-corrected chi connectivity index (χ1v) is 28.3. The molecule has 0 N–H and O–H groups in total. The Morgan fingerprint density at radius 1 is 0.307 bits per heavy atom. The third-order valence-electron chi connectivity index (χ3n) is 13.6. The number of halogens is 4. The first kappa shape index (κ1) is 54.8. The number of anilines is 6. The molecule has 0 bridgehead atoms. The van der Waals surface area contributed by atoms with E-state index >= 15 is 0 Å². The number of rotatable bonds is 26. The Morgan fingerprint density at radius 3 is 0.853 bits per heavy atom. The Hall–Kier alpha value is -4.96. The standard InChI is InChI=1S/C63H60Br4N2O6/c1-70-35-37-74-41-39-72-33-31-63(32-34-73-40-42-75-38-36-71-2)61-43-47(45-3-17-53(18-4-45)68(55-21-9-49(64)10-22-55)56-23-11-50(65)12-24-56)7-29-59(61)60-30-8-48(44-62(60)63)46-5-19-54(20-6-46)69(57-25-13-51(66)14-26-57)58-27-15-52(67)16-28-58/h3-30,43-44H,31-42H2,1-2H3. The fourth-order valence-corrected chi connectivity index (χ4v) is 10.9. The summed E-state index contributed by atoms with van der Waals surface area (Å²) in [7, 11) is 3.37. The minimum Gasteiger partial charge on any atom is -0.382 e. The van der Waals surface area contributed by atoms with E-state index in [0.717, 1.165) is 87.1 Å². The summed E-state index contributed by atoms with van der Waals surface area (Å²) in [5.41, 5.74) is 15.5. The molecule has 9 rings (SSSR count). The van der Waals surface area contributed by atoms with Gasteiger partial charge in [0.05, 0.1) is 52.9 Å². The lowest BCUT2D eigenvalue weighted by atomic mass is 9.72. The van der Waals surface area contributed by atoms with E-state index in [0.29, 0.717) is 66.1 Å². The second kappa shape index (κ2) is 26.9. The lowest BCUT2D eigenvalue weighted by Gasteiger charge is -2.33. The Kier molecular flexibility index (Phi) is 19.6. The molecule has 0 saturated heterocycles. The van der Waals surface area contributed by atoms with Crippen LogP contribution in [0.5, 0.6) is 0 Å². The van der Waals surface area contributed by atoms with Gasteiger partial charge in [-0.2, -0.15) is 0 Å². The highest BCUT2D eigenvalue weighted by atomic mass is 79.9. The van der Waals surface area contributed by atoms with E-state index in [1.807, 2.05) is 0 Å². The molecule has 0 heterocycles. The van der Waals surface area contributed by atoms with Crippen LogP contribution in [-0.2, 0) is 33.8 Å². The van der Waals surface area contributed by atoms with E-state index in [9.17, 15) is 0 Å². The number of hydrogen-bond donors (Lipinski definition) is 0. The zero-order valence-corrected chi connectivity index (χ0v) is 48.5. The van der Waals surface area contributed by atoms with Crippen LogP contribution < -0.4 is 9.80 Å². The summed E-state index contributed by atoms with van der Waals surface area (Å²) >= 11 is 14.5. The molecule has 8 aromatic carbocycles. The smallest absolute Gasteiger partial charge is 0.0701 e. The van der Waals surface area contributed by atoms with E-state index in [1.165, 1.54) is 22.3 Å². The molecule has 386 valence electrons. The van der Waals surface area contributed by atoms with Crippen molar-refractivity contribution in [3.63, 3.8) is 0 Å². The van der Waals surface area contributed by atoms with Crippen LogP contribution in [0, 0.1) is 0 Å². The summed E-state index contributed by atoms with van der Waals surface area (Å²) in [6.45, 7) is 5.21. The van der Waals surface area contributed by atoms with Crippen molar-refractivity contribution in [1.29, 1.82) is 0 Å². The third kappa shape index (κ3) is 13.6. The van der Waals surface area contributed by atoms with Crippen LogP contribution in [0.2, 0.25) is 0 Å². The topological polar surface area (TPSA) is 61.9 Å². The van der Waals surface area contributed by atoms with Crippen LogP contribution in [0.15, 0.2) is 200 Å². The van der Waals surface area contributed by atoms with Crippen molar-refractivity contribution in [3.8, 4) is 33.4 Å². The van der Waals surface area contributed by atoms with E-state index in [1.54, 1.807) is 14.2 Å². The van der Waals surface area contributed by atoms with Crippen molar-refractivity contribution in [2.75, 3.05) is 90.1 Å². The summed E-state index contributed by atoms with van der Waals surface area (Å²) in [6, 6.07) is 65.6. The molecule has 0 saturated carbocycles. The highest BCUT2D eigenvalue weighted by Gasteiger charge is 2.43. The normalized spacial score (nSPS) is 12.4. The van der Waals surface area contributed by atoms with E-state index in [2.05, 4.69) is 256 Å². The summed E-state index contributed by atoms with van der Waals surface area (Å²) in [6.07, 6.45) is 1.49. The van der Waals surface area contributed by atoms with Crippen LogP contribution >= 0.6 is 63.7 Å². The molecule has 75 heavy (non-hydrogen) atoms. The Labute approximate surface area is 475 Å². The molecule has 8 aromatic rings. The second-order valence-electron chi connectivity index (χ2n) is 18.2. The van der Waals surface area contributed by atoms with Gasteiger partial charge in [-0.15, -0.1) is 0 Å². The summed E-state index contributed by atoms with van der Waals surface area (Å²) in [5.74, 6) is 0. The minimum atomic E-state index is -0.440. The lowest BCUT2D eigenvalue weighted by Crippen LogP contribution is -2.30. The van der Waals surface area contributed by atoms with Gasteiger partial charge in [0.2, 0.25) is 0 Å². The van der Waals surface area contributed by atoms with Gasteiger partial charge in [0.15, 0.2) is 0 Å². The lowest BCUT2D eigenvalue weighted by molar-refractivity contribution is 0.0145. The molecule has 0 aliphatic heterocycles. The fourth-order valence-electron chi connectivity index (χ4n) is 9.80. The van der Waals surface area contributed by atoms with Crippen LogP contribution in [0.1, 0.15) is 24.0 Å². The Balaban J connectivity index is 1.08. The predicted molar refractivity (Wildman–Crippen MR) is 320 cm³/mol. The van der Waals surface area contributed by atoms with E-state index in [-0.39, 0.29) is 0 Å². The molecule has 1 aliphatic carbocycles. The van der Waals surface area contributed by atoms with Gasteiger partial charge in [-0.25, -0.2) is 0 Å². The Morgan fingerprint density at radius 2 is 0.560 bits per heavy atom. The maximum absolute atomic E-state index is 6.43. The van der Waals surface area contributed by atoms with Crippen LogP contribution in [-0.4, -0.2) is 80.3 Å². The maximum atomic E-state index is 6.43. The molecular formula is C63H60Br4N2O6. The average Bonchev–Trinajstić information content (AvgIpc) is 3.71. The first-order chi connectivity index (χ1) is 36.7. The van der Waals surface area contributed by atoms with Gasteiger partial charge in [0, 0.05) is 84.9 Å². The number of benzene rings is 8. The van der Waals surface area contributed by atoms with Crippen molar-refractivity contribution < 1.29 is 28.4 Å². The molecule has 0 unspecified atom stereocenters. The van der Waals surface area contributed by atoms with Crippen molar-refractivity contribution in [3.05, 3.63) is 211 Å². The van der Waals surface area contributed by atoms with Crippen molar-refractivity contribution in [1.82, 2.24) is 0 Å². The molecule has 1 aliphatic rings. The van der Waals surface area contributed by atoms with Crippen LogP contribution in [0.25, 0.3) is 33.4 Å². The molecule has 0 atom stereocenters. The van der Waals surface area contributed by atoms with Gasteiger partial charge in [-0.05, 0) is 191 Å². The molecule has 8 nitrogen and oxygen atoms in total. The number of nitrogens with zero attached hydrogens (tertiary/aromatic N) is 2. The first-order valence-electron chi connectivity index (χ1n) is 25.2. The quantitative estimate of drug-likeness (QED) is 0.0497. The number of methoxy groups -OCH3 is 2. The molecule has 0 aromatic heterocycles. The molecule has 0 fully saturated rings. The largest absolute Gasteiger partial charge is 0.382 e. The molecule has 0 amide bonds. The summed E-state index contributed by atoms with van der Waals surface area (Å²) < 4.78 is 39.0. The third-order valence-corrected chi connectivity index (χ3v) is 15.7. The summed E-state index contributed by atoms with van der Waals surface area (Å²) in [5, 5.41) is 0. The number of ether oxygens (including phenoxy) is 6. The monoisotopic (exact) mass is 1260 g/mol. The van der Waals surface area contributed by atoms with Crippen LogP contribution in [0.4, 0.5) is 34.1 Å². The van der Waals surface area contributed by atoms with Crippen molar-refractivity contribution in [2.45, 2.75) is 18.3 Å². The van der Waals surface area contributed by atoms with Gasteiger partial charge in [0.25, 0.3) is 0 Å². The van der Waals surface area contributed by atoms with Gasteiger partial charge >= 0.3 is 0 Å². The SMILES string of the molecule is COCCOCCOCCC1(CCOCCOCCOC)c2cc(-c3ccc(N(c4ccc(Br)cc4)c4ccc(Br)cc4)cc3)ccc2-c2ccc(-c3ccc(N(c4ccc(Br)cc4)c4ccc(Br)cc4)cc3)cc21. The molecule has 12 heteroatoms. The van der Waals surface area contributed by atoms with Gasteiger partial charge in [-0.1, -0.05) is 112 Å². The van der Waals surface area contributed by atoms with Gasteiger partial charge in [0.1, 0.15) is 0 Å². The van der Waals surface area contributed by atoms with E-state index in [4.69, 9.17) is 28.4 Å². The second-order valence-corrected chi connectivity index (χ2v) is 21.9. The Bertz CT molecular complexity index is 2770. The zero-order chi connectivity index (χ0) is 52.0. The highest BCUT2D eigenvalue weighted by molar-refractivity contribution is 9.11. The van der Waals surface area contributed by atoms with Crippen LogP contribution in [0.3, 0.4) is 0 Å². The highest BCUT2D eigenvalue weighted by Crippen LogP contribution is 2.55. The number of hydrogen-bond acceptors (Lipinski definition) is 8. The average molecular weight is 1260 g/mol. The van der Waals surface area contributed by atoms with Crippen molar-refractivity contribution in [2.24, 2.45) is 0 Å². The number of fused-ring (bicyclic) bond motifs is 3. The minimum absolute atomic E-state index is 0.440. The van der Waals surface area contributed by atoms with Gasteiger partial charge < -0.3 is 38.2 Å². The zero-order valence-electron chi connectivity index (χ0n) is 42.2. The predicted octanol–water partition coefficient (Wildman–Crippen LogP) is 17.4. The molecular weight excluding hydrogens is 1200 g/mol. The molecule has 0 spiro atoms. The van der Waals surface area contributed by atoms with E-state index < -0.39 is 5.41 Å². The van der Waals surface area contributed by atoms with Crippen molar-refractivity contribution >= 4 is 97.8 Å². The van der Waals surface area contributed by atoms with Gasteiger partial charge in [-0.3, -0.25) is 0 Å². The maximum Gasteiger partial charge on any atom is 0.0701 e. The fraction of sp³-hybridized carbons (Fsp3) is 0.238. The summed E-state index contributed by atoms with van der Waals surface area (Å²) in [4.78, 5) is 4.56. The molecule has 0 radical (unpaired) electrons.